The maximum atomic E-state index is 6.42. The summed E-state index contributed by atoms with van der Waals surface area (Å²) < 4.78 is 0. The molecule has 0 fully saturated rings. The zero-order valence-electron chi connectivity index (χ0n) is 10.5. The lowest BCUT2D eigenvalue weighted by Gasteiger charge is -2.18. The fourth-order valence-corrected chi connectivity index (χ4v) is 4.99. The second-order valence-electron chi connectivity index (χ2n) is 4.72. The van der Waals surface area contributed by atoms with E-state index in [0.717, 1.165) is 18.0 Å². The summed E-state index contributed by atoms with van der Waals surface area (Å²) >= 11 is 12.8. The van der Waals surface area contributed by atoms with E-state index in [2.05, 4.69) is 20.8 Å². The second kappa shape index (κ2) is 8.89. The topological polar surface area (TPSA) is 0 Å². The van der Waals surface area contributed by atoms with Crippen LogP contribution in [0, 0.1) is 5.92 Å². The molecule has 0 saturated heterocycles. The van der Waals surface area contributed by atoms with Gasteiger partial charge in [0.05, 0.1) is 0 Å². The van der Waals surface area contributed by atoms with Gasteiger partial charge in [-0.1, -0.05) is 59.3 Å². The Kier molecular flexibility index (Phi) is 9.37. The molecular formula is C12H26Cl2Si. The van der Waals surface area contributed by atoms with Crippen molar-refractivity contribution in [3.8, 4) is 0 Å². The molecule has 92 valence electrons. The minimum absolute atomic E-state index is 0.782. The summed E-state index contributed by atoms with van der Waals surface area (Å²) in [5.41, 5.74) is 0. The number of hydrogen-bond acceptors (Lipinski definition) is 0. The average Bonchev–Trinajstić information content (AvgIpc) is 2.21. The van der Waals surface area contributed by atoms with Crippen LogP contribution in [-0.2, 0) is 0 Å². The van der Waals surface area contributed by atoms with Crippen LogP contribution in [0.1, 0.15) is 59.3 Å². The SMILES string of the molecule is CCCCCC[Si](Cl)(Cl)CC[C@@H](C)CC. The quantitative estimate of drug-likeness (QED) is 0.277. The first-order valence-electron chi connectivity index (χ1n) is 6.39. The molecule has 3 heteroatoms. The largest absolute Gasteiger partial charge is 0.251 e. The lowest BCUT2D eigenvalue weighted by Crippen LogP contribution is -2.19. The van der Waals surface area contributed by atoms with Crippen molar-refractivity contribution in [2.24, 2.45) is 5.92 Å². The first-order valence-corrected chi connectivity index (χ1v) is 10.8. The molecule has 0 unspecified atom stereocenters. The molecule has 0 aliphatic carbocycles. The van der Waals surface area contributed by atoms with Crippen molar-refractivity contribution in [1.29, 1.82) is 0 Å². The average molecular weight is 269 g/mol. The van der Waals surface area contributed by atoms with Gasteiger partial charge in [-0.05, 0) is 18.0 Å². The highest BCUT2D eigenvalue weighted by molar-refractivity contribution is 7.45. The minimum Gasteiger partial charge on any atom is -0.146 e. The van der Waals surface area contributed by atoms with E-state index in [1.165, 1.54) is 38.5 Å². The van der Waals surface area contributed by atoms with Crippen LogP contribution in [0.4, 0.5) is 0 Å². The van der Waals surface area contributed by atoms with Crippen LogP contribution >= 0.6 is 22.2 Å². The van der Waals surface area contributed by atoms with Crippen molar-refractivity contribution in [3.63, 3.8) is 0 Å². The lowest BCUT2D eigenvalue weighted by atomic mass is 10.1. The van der Waals surface area contributed by atoms with Crippen LogP contribution < -0.4 is 0 Å². The van der Waals surface area contributed by atoms with E-state index < -0.39 is 6.69 Å². The molecule has 0 saturated carbocycles. The van der Waals surface area contributed by atoms with Gasteiger partial charge in [0.25, 0.3) is 6.69 Å². The van der Waals surface area contributed by atoms with E-state index in [1.54, 1.807) is 0 Å². The predicted octanol–water partition coefficient (Wildman–Crippen LogP) is 5.92. The predicted molar refractivity (Wildman–Crippen MR) is 75.3 cm³/mol. The van der Waals surface area contributed by atoms with Crippen LogP contribution in [0.25, 0.3) is 0 Å². The highest BCUT2D eigenvalue weighted by Crippen LogP contribution is 2.31. The first-order chi connectivity index (χ1) is 7.02. The molecule has 0 nitrogen and oxygen atoms in total. The van der Waals surface area contributed by atoms with Gasteiger partial charge in [-0.2, -0.15) is 0 Å². The maximum absolute atomic E-state index is 6.42. The van der Waals surface area contributed by atoms with Crippen LogP contribution in [0.3, 0.4) is 0 Å². The van der Waals surface area contributed by atoms with Crippen molar-refractivity contribution in [2.45, 2.75) is 71.4 Å². The van der Waals surface area contributed by atoms with E-state index in [9.17, 15) is 0 Å². The van der Waals surface area contributed by atoms with Gasteiger partial charge in [-0.25, -0.2) is 0 Å². The third kappa shape index (κ3) is 9.71. The van der Waals surface area contributed by atoms with Crippen LogP contribution in [0.15, 0.2) is 0 Å². The number of unbranched alkanes of at least 4 members (excludes halogenated alkanes) is 3. The van der Waals surface area contributed by atoms with Crippen molar-refractivity contribution in [2.75, 3.05) is 0 Å². The molecule has 0 rings (SSSR count). The first kappa shape index (κ1) is 15.8. The number of hydrogen-bond donors (Lipinski definition) is 0. The van der Waals surface area contributed by atoms with Gasteiger partial charge in [0.2, 0.25) is 0 Å². The van der Waals surface area contributed by atoms with Gasteiger partial charge in [0.15, 0.2) is 0 Å². The van der Waals surface area contributed by atoms with Gasteiger partial charge in [0.1, 0.15) is 0 Å². The summed E-state index contributed by atoms with van der Waals surface area (Å²) in [5.74, 6) is 0.782. The summed E-state index contributed by atoms with van der Waals surface area (Å²) in [4.78, 5) is 0. The Morgan fingerprint density at radius 1 is 1.00 bits per heavy atom. The Morgan fingerprint density at radius 3 is 2.20 bits per heavy atom. The van der Waals surface area contributed by atoms with Gasteiger partial charge in [-0.15, -0.1) is 22.2 Å². The Bertz CT molecular complexity index is 149. The van der Waals surface area contributed by atoms with Gasteiger partial charge >= 0.3 is 0 Å². The summed E-state index contributed by atoms with van der Waals surface area (Å²) in [6.07, 6.45) is 7.59. The Labute approximate surface area is 106 Å². The van der Waals surface area contributed by atoms with E-state index in [0.29, 0.717) is 0 Å². The molecule has 0 heterocycles. The Balaban J connectivity index is 3.57. The molecule has 15 heavy (non-hydrogen) atoms. The van der Waals surface area contributed by atoms with E-state index in [-0.39, 0.29) is 0 Å². The molecule has 0 aromatic carbocycles. The normalized spacial score (nSPS) is 14.2. The highest BCUT2D eigenvalue weighted by atomic mass is 35.7. The number of rotatable bonds is 9. The Hall–Kier alpha value is 0.797. The van der Waals surface area contributed by atoms with Crippen molar-refractivity contribution >= 4 is 28.9 Å². The van der Waals surface area contributed by atoms with Crippen molar-refractivity contribution in [1.82, 2.24) is 0 Å². The summed E-state index contributed by atoms with van der Waals surface area (Å²) in [7, 11) is 0. The van der Waals surface area contributed by atoms with Gasteiger partial charge < -0.3 is 0 Å². The second-order valence-corrected chi connectivity index (χ2v) is 12.4. The molecule has 0 spiro atoms. The molecule has 1 atom stereocenters. The molecule has 0 aromatic rings. The van der Waals surface area contributed by atoms with Crippen molar-refractivity contribution < 1.29 is 0 Å². The zero-order chi connectivity index (χ0) is 11.7. The van der Waals surface area contributed by atoms with Gasteiger partial charge in [-0.3, -0.25) is 0 Å². The van der Waals surface area contributed by atoms with Crippen LogP contribution in [0.2, 0.25) is 12.1 Å². The molecule has 0 amide bonds. The highest BCUT2D eigenvalue weighted by Gasteiger charge is 2.27. The lowest BCUT2D eigenvalue weighted by molar-refractivity contribution is 0.541. The fraction of sp³-hybridized carbons (Fsp3) is 1.00. The molecular weight excluding hydrogens is 243 g/mol. The maximum Gasteiger partial charge on any atom is 0.251 e. The monoisotopic (exact) mass is 268 g/mol. The van der Waals surface area contributed by atoms with Crippen LogP contribution in [0.5, 0.6) is 0 Å². The molecule has 0 radical (unpaired) electrons. The number of halogens is 2. The molecule has 0 aromatic heterocycles. The summed E-state index contributed by atoms with van der Waals surface area (Å²) in [5, 5.41) is 0. The Morgan fingerprint density at radius 2 is 1.67 bits per heavy atom. The molecule has 0 N–H and O–H groups in total. The van der Waals surface area contributed by atoms with Gasteiger partial charge in [0, 0.05) is 0 Å². The molecule has 0 aliphatic rings. The third-order valence-electron chi connectivity index (χ3n) is 3.10. The fourth-order valence-electron chi connectivity index (χ4n) is 1.60. The summed E-state index contributed by atoms with van der Waals surface area (Å²) in [6, 6.07) is 2.17. The standard InChI is InChI=1S/C12H26Cl2Si/c1-4-6-7-8-10-15(13,14)11-9-12(3)5-2/h12H,4-11H2,1-3H3/t12-/m0/s1. The molecule has 0 aliphatic heterocycles. The van der Waals surface area contributed by atoms with E-state index in [4.69, 9.17) is 22.2 Å². The smallest absolute Gasteiger partial charge is 0.146 e. The third-order valence-corrected chi connectivity index (χ3v) is 7.47. The molecule has 0 bridgehead atoms. The minimum atomic E-state index is -1.89. The van der Waals surface area contributed by atoms with E-state index >= 15 is 0 Å². The van der Waals surface area contributed by atoms with E-state index in [1.807, 2.05) is 0 Å². The zero-order valence-corrected chi connectivity index (χ0v) is 13.0. The van der Waals surface area contributed by atoms with Crippen molar-refractivity contribution in [3.05, 3.63) is 0 Å². The van der Waals surface area contributed by atoms with Crippen LogP contribution in [-0.4, -0.2) is 6.69 Å². The summed E-state index contributed by atoms with van der Waals surface area (Å²) in [6.45, 7) is 4.86.